The lowest BCUT2D eigenvalue weighted by Crippen LogP contribution is -2.48. The van der Waals surface area contributed by atoms with Crippen LogP contribution >= 0.6 is 0 Å². The van der Waals surface area contributed by atoms with E-state index in [1.54, 1.807) is 0 Å². The Bertz CT molecular complexity index is 2190. The fourth-order valence-electron chi connectivity index (χ4n) is 17.6. The highest BCUT2D eigenvalue weighted by Crippen LogP contribution is 2.60. The topological polar surface area (TPSA) is 185 Å². The fourth-order valence-corrected chi connectivity index (χ4v) is 17.6. The zero-order valence-corrected chi connectivity index (χ0v) is 53.3. The van der Waals surface area contributed by atoms with Crippen LogP contribution in [-0.4, -0.2) is 93.8 Å². The van der Waals surface area contributed by atoms with E-state index in [4.69, 9.17) is 42.6 Å². The molecule has 12 aliphatic carbocycles. The van der Waals surface area contributed by atoms with Crippen molar-refractivity contribution in [1.82, 2.24) is 0 Å². The second-order valence-electron chi connectivity index (χ2n) is 30.9. The zero-order chi connectivity index (χ0) is 60.0. The van der Waals surface area contributed by atoms with E-state index in [1.807, 2.05) is 62.3 Å². The Morgan fingerprint density at radius 1 is 0.398 bits per heavy atom. The maximum atomic E-state index is 12.8. The summed E-state index contributed by atoms with van der Waals surface area (Å²) >= 11 is 0. The first-order valence-electron chi connectivity index (χ1n) is 34.0. The van der Waals surface area contributed by atoms with E-state index in [0.717, 1.165) is 114 Å². The quantitative estimate of drug-likeness (QED) is 0.0407. The van der Waals surface area contributed by atoms with E-state index in [-0.39, 0.29) is 146 Å². The van der Waals surface area contributed by atoms with Gasteiger partial charge in [0.25, 0.3) is 0 Å². The van der Waals surface area contributed by atoms with Gasteiger partial charge in [-0.15, -0.1) is 0 Å². The van der Waals surface area contributed by atoms with Crippen LogP contribution < -0.4 is 0 Å². The lowest BCUT2D eigenvalue weighted by molar-refractivity contribution is -0.177. The van der Waals surface area contributed by atoms with Crippen molar-refractivity contribution in [1.29, 1.82) is 0 Å². The third-order valence-corrected chi connectivity index (χ3v) is 23.5. The van der Waals surface area contributed by atoms with Gasteiger partial charge in [0.05, 0.1) is 53.3 Å². The molecule has 0 aliphatic heterocycles. The van der Waals surface area contributed by atoms with E-state index in [0.29, 0.717) is 35.7 Å². The fraction of sp³-hybridized carbons (Fsp3) is 0.918. The number of ether oxygens (including phenoxy) is 9. The summed E-state index contributed by atoms with van der Waals surface area (Å²) < 4.78 is 51.2. The Balaban J connectivity index is 0.000000236. The molecule has 0 aromatic carbocycles. The molecule has 12 aliphatic rings. The van der Waals surface area contributed by atoms with Crippen LogP contribution in [0.5, 0.6) is 0 Å². The van der Waals surface area contributed by atoms with Crippen LogP contribution in [0.25, 0.3) is 0 Å². The van der Waals surface area contributed by atoms with Gasteiger partial charge in [0, 0.05) is 17.8 Å². The normalized spacial score (nSPS) is 34.0. The van der Waals surface area contributed by atoms with E-state index >= 15 is 0 Å². The van der Waals surface area contributed by atoms with E-state index < -0.39 is 16.2 Å². The van der Waals surface area contributed by atoms with Crippen molar-refractivity contribution in [2.75, 3.05) is 33.6 Å². The van der Waals surface area contributed by atoms with Crippen LogP contribution in [0.15, 0.2) is 0 Å². The number of fused-ring (bicyclic) bond motifs is 6. The second-order valence-corrected chi connectivity index (χ2v) is 30.9. The summed E-state index contributed by atoms with van der Waals surface area (Å²) in [5.41, 5.74) is -1.06. The Morgan fingerprint density at radius 3 is 1.09 bits per heavy atom. The van der Waals surface area contributed by atoms with Crippen molar-refractivity contribution < 1.29 is 71.4 Å². The van der Waals surface area contributed by atoms with Gasteiger partial charge in [-0.05, 0) is 230 Å². The third kappa shape index (κ3) is 18.7. The molecule has 88 heavy (non-hydrogen) atoms. The molecule has 508 valence electrons. The molecular formula is C73H126O15. The summed E-state index contributed by atoms with van der Waals surface area (Å²) in [7, 11) is 0. The van der Waals surface area contributed by atoms with Gasteiger partial charge in [-0.25, -0.2) is 0 Å². The molecule has 12 unspecified atom stereocenters. The molecule has 12 atom stereocenters. The smallest absolute Gasteiger partial charge is 0.311 e. The summed E-state index contributed by atoms with van der Waals surface area (Å²) in [6.45, 7) is 19.1. The Kier molecular flexibility index (Phi) is 28.3. The molecule has 0 saturated heterocycles. The largest absolute Gasteiger partial charge is 0.462 e. The van der Waals surface area contributed by atoms with Crippen LogP contribution in [-0.2, 0) is 71.4 Å². The van der Waals surface area contributed by atoms with Crippen LogP contribution in [0.3, 0.4) is 0 Å². The summed E-state index contributed by atoms with van der Waals surface area (Å²) in [6.07, 6.45) is 30.6. The predicted molar refractivity (Wildman–Crippen MR) is 342 cm³/mol. The van der Waals surface area contributed by atoms with Crippen LogP contribution in [0.2, 0.25) is 0 Å². The summed E-state index contributed by atoms with van der Waals surface area (Å²) in [5.74, 6) is 3.68. The van der Waals surface area contributed by atoms with Crippen LogP contribution in [0, 0.1) is 98.6 Å². The van der Waals surface area contributed by atoms with Crippen molar-refractivity contribution in [2.24, 2.45) is 98.6 Å². The molecule has 10 bridgehead atoms. The van der Waals surface area contributed by atoms with Gasteiger partial charge in [0.1, 0.15) is 18.3 Å². The summed E-state index contributed by atoms with van der Waals surface area (Å²) in [4.78, 5) is 75.2. The molecule has 0 radical (unpaired) electrons. The van der Waals surface area contributed by atoms with Crippen molar-refractivity contribution in [2.45, 2.75) is 296 Å². The van der Waals surface area contributed by atoms with Gasteiger partial charge >= 0.3 is 35.8 Å². The van der Waals surface area contributed by atoms with Gasteiger partial charge in [-0.1, -0.05) is 89.0 Å². The monoisotopic (exact) mass is 1240 g/mol. The maximum absolute atomic E-state index is 12.8. The average molecular weight is 1240 g/mol. The molecule has 0 heterocycles. The van der Waals surface area contributed by atoms with Crippen LogP contribution in [0.4, 0.5) is 0 Å². The summed E-state index contributed by atoms with van der Waals surface area (Å²) in [6, 6.07) is 0. The lowest BCUT2D eigenvalue weighted by Gasteiger charge is -2.56. The first kappa shape index (κ1) is 75.4. The second kappa shape index (κ2) is 33.0. The third-order valence-electron chi connectivity index (χ3n) is 23.5. The van der Waals surface area contributed by atoms with Crippen molar-refractivity contribution in [3.05, 3.63) is 0 Å². The molecule has 0 aromatic rings. The highest BCUT2D eigenvalue weighted by molar-refractivity contribution is 5.78. The Hall–Kier alpha value is -3.30. The lowest BCUT2D eigenvalue weighted by atomic mass is 9.50. The Labute approximate surface area is 533 Å². The minimum absolute atomic E-state index is 0. The molecule has 12 fully saturated rings. The molecule has 0 N–H and O–H groups in total. The van der Waals surface area contributed by atoms with Gasteiger partial charge < -0.3 is 42.6 Å². The maximum Gasteiger partial charge on any atom is 0.311 e. The van der Waals surface area contributed by atoms with Crippen molar-refractivity contribution in [3.63, 3.8) is 0 Å². The molecule has 15 heteroatoms. The number of rotatable bonds is 23. The molecule has 0 aromatic heterocycles. The van der Waals surface area contributed by atoms with Gasteiger partial charge in [0.15, 0.2) is 20.4 Å². The van der Waals surface area contributed by atoms with E-state index in [1.165, 1.54) is 89.9 Å². The number of carbonyl (C=O) groups excluding carboxylic acids is 6. The number of carbonyl (C=O) groups is 6. The number of hydrogen-bond acceptors (Lipinski definition) is 15. The molecular weight excluding hydrogens is 1120 g/mol. The number of hydrogen-bond donors (Lipinski definition) is 0. The standard InChI is InChI=1S/C26H40O5.C22H36O5.C21H34O5.4CH4/c1-4-25(2,3)24(28)31-22-10-16-8-20(22)21(9-16)23(27)30-15-29-14-26-11-17-5-18(12-26)7-19(6-17)13-26;1-4-22(2,3)21(24)27-19-12-16-10-17(19)18(11-16)20(23)26-14-25-13-15-8-6-5-7-9-15;1-4-21(2,3)20(23)26-18-12-14-10-16(18)17(11-14)19(22)25-13-24-15-8-6-5-7-9-15;;;;/h16-22H,4-15H2,1-3H3;15-19H,4-14H2,1-3H3;14-18H,4-13H2,1-3H3;4*1H4. The van der Waals surface area contributed by atoms with Gasteiger partial charge in [0.2, 0.25) is 0 Å². The molecule has 0 spiro atoms. The SMILES string of the molecule is C.C.C.C.CCC(C)(C)C(=O)OC1CC2CC(C(=O)OCOC3CCCCC3)C1C2.CCC(C)(C)C(=O)OC1CC2CC(C(=O)OCOCC34CC5CC(CC(C5)C3)C4)C1C2.CCC(C)(C)C(=O)OC1CC2CC(C(=O)OCOCC3CCCCC3)C1C2. The van der Waals surface area contributed by atoms with Gasteiger partial charge in [-0.2, -0.15) is 0 Å². The molecule has 12 saturated carbocycles. The predicted octanol–water partition coefficient (Wildman–Crippen LogP) is 16.4. The highest BCUT2D eigenvalue weighted by Gasteiger charge is 2.56. The Morgan fingerprint density at radius 2 is 0.739 bits per heavy atom. The minimum atomic E-state index is -0.469. The van der Waals surface area contributed by atoms with Crippen molar-refractivity contribution in [3.8, 4) is 0 Å². The van der Waals surface area contributed by atoms with Crippen molar-refractivity contribution >= 4 is 35.8 Å². The first-order valence-corrected chi connectivity index (χ1v) is 34.0. The summed E-state index contributed by atoms with van der Waals surface area (Å²) in [5, 5.41) is 0. The van der Waals surface area contributed by atoms with E-state index in [2.05, 4.69) is 0 Å². The minimum Gasteiger partial charge on any atom is -0.462 e. The molecule has 12 rings (SSSR count). The first-order chi connectivity index (χ1) is 40.1. The number of esters is 6. The van der Waals surface area contributed by atoms with E-state index in [9.17, 15) is 28.8 Å². The molecule has 0 amide bonds. The molecule has 15 nitrogen and oxygen atoms in total. The van der Waals surface area contributed by atoms with Gasteiger partial charge in [-0.3, -0.25) is 28.8 Å². The zero-order valence-electron chi connectivity index (χ0n) is 53.3. The highest BCUT2D eigenvalue weighted by atomic mass is 16.7. The average Bonchev–Trinajstić information content (AvgIpc) is 2.99. The van der Waals surface area contributed by atoms with Crippen LogP contribution in [0.1, 0.15) is 272 Å².